The Kier molecular flexibility index (Phi) is 21.4. The first kappa shape index (κ1) is 59.1. The van der Waals surface area contributed by atoms with Crippen LogP contribution in [0.2, 0.25) is 0 Å². The third-order valence-electron chi connectivity index (χ3n) is 11.4. The molecule has 23 heteroatoms. The first-order valence-corrected chi connectivity index (χ1v) is 27.1. The second-order valence-corrected chi connectivity index (χ2v) is 20.2. The van der Waals surface area contributed by atoms with Gasteiger partial charge in [0.15, 0.2) is 0 Å². The Morgan fingerprint density at radius 2 is 0.699 bits per heavy atom. The molecule has 2 N–H and O–H groups in total. The van der Waals surface area contributed by atoms with Crippen molar-refractivity contribution >= 4 is 169 Å². The first-order valence-electron chi connectivity index (χ1n) is 21.8. The highest BCUT2D eigenvalue weighted by molar-refractivity contribution is 7.20. The Hall–Kier alpha value is -6.45. The summed E-state index contributed by atoms with van der Waals surface area (Å²) in [6.07, 6.45) is 1.68. The molecule has 6 heterocycles. The zero-order valence-corrected chi connectivity index (χ0v) is 45.4. The molecule has 0 fully saturated rings. The highest BCUT2D eigenvalue weighted by Crippen LogP contribution is 2.57. The van der Waals surface area contributed by atoms with Crippen molar-refractivity contribution < 1.29 is 77.1 Å². The number of fused-ring (bicyclic) bond motifs is 6. The average molecular weight is 1130 g/mol. The van der Waals surface area contributed by atoms with Crippen LogP contribution < -0.4 is 0 Å². The summed E-state index contributed by atoms with van der Waals surface area (Å²) >= 11 is 8.42. The highest BCUT2D eigenvalue weighted by atomic mass is 35.5. The van der Waals surface area contributed by atoms with Crippen molar-refractivity contribution in [1.29, 1.82) is 0 Å². The van der Waals surface area contributed by atoms with Crippen LogP contribution in [0.3, 0.4) is 0 Å². The molecule has 0 saturated heterocycles. The van der Waals surface area contributed by atoms with Gasteiger partial charge in [0.1, 0.15) is 10.8 Å². The Morgan fingerprint density at radius 1 is 0.438 bits per heavy atom. The molecule has 0 spiro atoms. The third-order valence-corrected chi connectivity index (χ3v) is 17.2. The van der Waals surface area contributed by atoms with E-state index in [1.165, 1.54) is 68.0 Å². The van der Waals surface area contributed by atoms with Crippen molar-refractivity contribution in [3.05, 3.63) is 112 Å². The van der Waals surface area contributed by atoms with Gasteiger partial charge in [-0.25, -0.2) is 19.2 Å². The fraction of sp³-hybridized carbons (Fsp3) is 0.280. The van der Waals surface area contributed by atoms with Crippen molar-refractivity contribution in [2.75, 3.05) is 26.4 Å². The maximum Gasteiger partial charge on any atom is 0.373 e. The van der Waals surface area contributed by atoms with E-state index in [-0.39, 0.29) is 59.7 Å². The van der Waals surface area contributed by atoms with Gasteiger partial charge in [-0.05, 0) is 120 Å². The fourth-order valence-electron chi connectivity index (χ4n) is 8.63. The van der Waals surface area contributed by atoms with E-state index >= 15 is 0 Å². The van der Waals surface area contributed by atoms with Crippen LogP contribution >= 0.6 is 80.4 Å². The number of thiophene rings is 6. The van der Waals surface area contributed by atoms with E-state index in [1.807, 2.05) is 73.5 Å². The molecule has 1 aliphatic carbocycles. The molecule has 0 amide bonds. The van der Waals surface area contributed by atoms with E-state index in [0.717, 1.165) is 41.1 Å². The van der Waals surface area contributed by atoms with E-state index in [2.05, 4.69) is 0 Å². The molecule has 73 heavy (non-hydrogen) atoms. The van der Waals surface area contributed by atoms with Crippen molar-refractivity contribution in [3.63, 3.8) is 0 Å². The number of hydrogen-bond acceptors (Lipinski definition) is 20. The number of ether oxygens (including phenoxy) is 4. The quantitative estimate of drug-likeness (QED) is 0.0852. The van der Waals surface area contributed by atoms with E-state index in [4.69, 9.17) is 38.1 Å². The molecule has 384 valence electrons. The minimum Gasteiger partial charge on any atom is -0.478 e. The van der Waals surface area contributed by atoms with Crippen LogP contribution in [0.1, 0.15) is 117 Å². The number of hydrogen-bond donors (Lipinski definition) is 2. The zero-order chi connectivity index (χ0) is 52.9. The van der Waals surface area contributed by atoms with Crippen LogP contribution in [0.5, 0.6) is 0 Å². The predicted octanol–water partition coefficient (Wildman–Crippen LogP) is 11.9. The maximum atomic E-state index is 13.1. The number of rotatable bonds is 12. The topological polar surface area (TPSA) is 248 Å². The van der Waals surface area contributed by atoms with E-state index in [1.54, 1.807) is 36.7 Å². The molecule has 8 aromatic rings. The van der Waals surface area contributed by atoms with Crippen LogP contribution in [-0.2, 0) is 58.5 Å². The fourth-order valence-corrected chi connectivity index (χ4v) is 14.9. The van der Waals surface area contributed by atoms with Gasteiger partial charge in [-0.15, -0.1) is 80.4 Å². The van der Waals surface area contributed by atoms with E-state index in [9.17, 15) is 39.0 Å². The first-order chi connectivity index (χ1) is 34.7. The predicted molar refractivity (Wildman–Crippen MR) is 282 cm³/mol. The van der Waals surface area contributed by atoms with Gasteiger partial charge in [-0.1, -0.05) is 13.8 Å². The minimum atomic E-state index is -1.03. The maximum absolute atomic E-state index is 13.1. The van der Waals surface area contributed by atoms with Gasteiger partial charge in [-0.2, -0.15) is 19.2 Å². The number of carboxylic acid groups (broad SMARTS) is 2. The summed E-state index contributed by atoms with van der Waals surface area (Å²) in [5, 5.41) is 32.2. The van der Waals surface area contributed by atoms with Gasteiger partial charge in [0.05, 0.1) is 67.5 Å². The molecule has 0 bridgehead atoms. The summed E-state index contributed by atoms with van der Waals surface area (Å²) in [5.41, 5.74) is 1.57. The molecule has 0 saturated carbocycles. The molecule has 6 aromatic heterocycles. The monoisotopic (exact) mass is 1130 g/mol. The summed E-state index contributed by atoms with van der Waals surface area (Å²) in [6.45, 7) is 12.5. The van der Waals surface area contributed by atoms with Gasteiger partial charge in [0, 0.05) is 31.3 Å². The van der Waals surface area contributed by atoms with Crippen molar-refractivity contribution in [1.82, 2.24) is 0 Å². The van der Waals surface area contributed by atoms with Gasteiger partial charge in [0.2, 0.25) is 0 Å². The molecular weight excluding hydrogens is 1080 g/mol. The second-order valence-electron chi connectivity index (χ2n) is 14.7. The van der Waals surface area contributed by atoms with Crippen molar-refractivity contribution in [2.45, 2.75) is 65.2 Å². The van der Waals surface area contributed by atoms with Crippen molar-refractivity contribution in [3.8, 4) is 0 Å². The van der Waals surface area contributed by atoms with Crippen LogP contribution in [0, 0.1) is 0 Å². The number of esters is 4. The lowest BCUT2D eigenvalue weighted by Crippen LogP contribution is -2.49. The Bertz CT molecular complexity index is 3000. The average Bonchev–Trinajstić information content (AvgIpc) is 4.21. The smallest absolute Gasteiger partial charge is 0.373 e. The molecule has 2 atom stereocenters. The van der Waals surface area contributed by atoms with E-state index in [0.29, 0.717) is 70.6 Å². The highest BCUT2D eigenvalue weighted by Gasteiger charge is 2.58. The number of benzene rings is 2. The lowest BCUT2D eigenvalue weighted by molar-refractivity contribution is -0.193. The van der Waals surface area contributed by atoms with Gasteiger partial charge >= 0.3 is 48.1 Å². The Balaban J connectivity index is 0.000000226. The Morgan fingerprint density at radius 3 is 0.959 bits per heavy atom. The minimum absolute atomic E-state index is 0. The lowest BCUT2D eigenvalue weighted by atomic mass is 9.62. The van der Waals surface area contributed by atoms with Crippen LogP contribution in [0.15, 0.2) is 68.7 Å². The number of halogens is 1. The van der Waals surface area contributed by atoms with Crippen LogP contribution in [0.25, 0.3) is 40.3 Å². The molecular formula is C50H45ClO16S6. The molecule has 16 nitrogen and oxygen atoms in total. The summed E-state index contributed by atoms with van der Waals surface area (Å²) < 4.78 is 23.9. The molecule has 1 aliphatic rings. The summed E-state index contributed by atoms with van der Waals surface area (Å²) in [7, 11) is 0. The number of carboxylic acids is 2. The molecule has 2 aromatic carbocycles. The van der Waals surface area contributed by atoms with Crippen molar-refractivity contribution in [2.24, 2.45) is 0 Å². The zero-order valence-electron chi connectivity index (χ0n) is 39.6. The van der Waals surface area contributed by atoms with Gasteiger partial charge < -0.3 is 29.2 Å². The largest absolute Gasteiger partial charge is 0.478 e. The molecule has 0 aliphatic heterocycles. The molecule has 2 unspecified atom stereocenters. The van der Waals surface area contributed by atoms with Crippen LogP contribution in [0.4, 0.5) is 0 Å². The van der Waals surface area contributed by atoms with Gasteiger partial charge in [0.25, 0.3) is 0 Å². The normalized spacial score (nSPS) is 14.8. The number of carbonyl (C=O) groups excluding carboxylic acids is 8. The second kappa shape index (κ2) is 26.5. The Labute approximate surface area is 446 Å². The summed E-state index contributed by atoms with van der Waals surface area (Å²) in [5.74, 6) is -3.23. The van der Waals surface area contributed by atoms with E-state index < -0.39 is 22.8 Å². The standard InChI is InChI=1S/C20H24O4S2.C16H14O4S2.C12H6O4S2.2CO2.ClH/c1-5-19(17(21)23-7-3)13-9-11-26-16(13)20(6-2,18(22)24-8-4)14-10-12-25-15(14)19;1-3-19-15(17)11-9-5-7-22-14(9)12(16(18)20-4-2)10-6-8-21-13(10)11;13-11(14)7-5-1-3-17-9(5)8(12(15)16)6-2-4-18-10(6)7;2*2-1-3;/h9-12H,5-8H2,1-4H3;5-8H,3-4H2,1-2H3;1-4H,(H,13,14)(H,15,16);;;1H. The SMILES string of the molecule is CCOC(=O)C1(CC)c2ccsc2C(CC)(C(=O)OCC)c2ccsc21.CCOC(=O)c1c2ccsc2c(C(=O)OCC)c2ccsc12.Cl.O=C(O)c1c2ccsc2c(C(=O)O)c2ccsc12.O=C=O.O=C=O. The summed E-state index contributed by atoms with van der Waals surface area (Å²) in [6, 6.07) is 11.0. The summed E-state index contributed by atoms with van der Waals surface area (Å²) in [4.78, 5) is 108. The number of aromatic carboxylic acids is 2. The number of carbonyl (C=O) groups is 6. The lowest BCUT2D eigenvalue weighted by Gasteiger charge is -2.42. The van der Waals surface area contributed by atoms with Gasteiger partial charge in [-0.3, -0.25) is 9.59 Å². The molecule has 0 radical (unpaired) electrons. The third kappa shape index (κ3) is 10.9. The molecule has 9 rings (SSSR count). The van der Waals surface area contributed by atoms with Crippen LogP contribution in [-0.4, -0.2) is 84.8 Å².